The second-order valence-corrected chi connectivity index (χ2v) is 5.06. The smallest absolute Gasteiger partial charge is 0.234 e. The van der Waals surface area contributed by atoms with Gasteiger partial charge in [0.25, 0.3) is 0 Å². The van der Waals surface area contributed by atoms with Crippen LogP contribution in [0.25, 0.3) is 0 Å². The van der Waals surface area contributed by atoms with Gasteiger partial charge in [-0.2, -0.15) is 0 Å². The lowest BCUT2D eigenvalue weighted by Gasteiger charge is -2.14. The molecule has 2 rings (SSSR count). The Kier molecular flexibility index (Phi) is 4.58. The molecule has 0 unspecified atom stereocenters. The van der Waals surface area contributed by atoms with Crippen molar-refractivity contribution in [1.29, 1.82) is 0 Å². The van der Waals surface area contributed by atoms with Crippen molar-refractivity contribution in [3.8, 4) is 0 Å². The van der Waals surface area contributed by atoms with Crippen molar-refractivity contribution in [2.75, 3.05) is 19.6 Å². The second-order valence-electron chi connectivity index (χ2n) is 4.65. The van der Waals surface area contributed by atoms with Crippen molar-refractivity contribution >= 4 is 17.5 Å². The van der Waals surface area contributed by atoms with Crippen LogP contribution in [0, 0.1) is 0 Å². The number of hydrogen-bond acceptors (Lipinski definition) is 3. The predicted octanol–water partition coefficient (Wildman–Crippen LogP) is 0.989. The van der Waals surface area contributed by atoms with E-state index in [1.165, 1.54) is 0 Å². The first-order valence-corrected chi connectivity index (χ1v) is 6.51. The molecule has 0 aliphatic carbocycles. The maximum absolute atomic E-state index is 11.8. The number of benzene rings is 1. The Bertz CT molecular complexity index is 424. The van der Waals surface area contributed by atoms with Gasteiger partial charge in [0.2, 0.25) is 5.91 Å². The van der Waals surface area contributed by atoms with Gasteiger partial charge in [0.1, 0.15) is 0 Å². The number of nitrogens with two attached hydrogens (primary N) is 1. The Morgan fingerprint density at radius 2 is 2.28 bits per heavy atom. The number of carbonyl (C=O) groups is 1. The fourth-order valence-corrected chi connectivity index (χ4v) is 2.30. The van der Waals surface area contributed by atoms with Crippen LogP contribution in [0.2, 0.25) is 5.02 Å². The zero-order valence-corrected chi connectivity index (χ0v) is 11.0. The highest BCUT2D eigenvalue weighted by Crippen LogP contribution is 2.14. The van der Waals surface area contributed by atoms with Gasteiger partial charge in [0, 0.05) is 30.7 Å². The first kappa shape index (κ1) is 13.3. The van der Waals surface area contributed by atoms with Crippen molar-refractivity contribution in [3.63, 3.8) is 0 Å². The van der Waals surface area contributed by atoms with Gasteiger partial charge < -0.3 is 11.1 Å². The molecule has 98 valence electrons. The van der Waals surface area contributed by atoms with Gasteiger partial charge in [0.05, 0.1) is 6.54 Å². The number of amides is 1. The summed E-state index contributed by atoms with van der Waals surface area (Å²) in [4.78, 5) is 13.8. The molecule has 1 aliphatic rings. The summed E-state index contributed by atoms with van der Waals surface area (Å²) in [6, 6.07) is 7.73. The van der Waals surface area contributed by atoms with Crippen LogP contribution >= 0.6 is 11.6 Å². The third-order valence-electron chi connectivity index (χ3n) is 3.11. The standard InChI is InChI=1S/C13H18ClN3O/c14-12-4-2-1-3-10(12)7-16-13(18)9-17-6-5-11(15)8-17/h1-4,11H,5-9,15H2,(H,16,18)/t11-/m0/s1. The molecule has 1 aliphatic heterocycles. The maximum Gasteiger partial charge on any atom is 0.234 e. The van der Waals surface area contributed by atoms with E-state index in [1.54, 1.807) is 0 Å². The van der Waals surface area contributed by atoms with Crippen LogP contribution < -0.4 is 11.1 Å². The van der Waals surface area contributed by atoms with Crippen molar-refractivity contribution < 1.29 is 4.79 Å². The Labute approximate surface area is 112 Å². The second kappa shape index (κ2) is 6.18. The summed E-state index contributed by atoms with van der Waals surface area (Å²) < 4.78 is 0. The monoisotopic (exact) mass is 267 g/mol. The molecule has 1 amide bonds. The first-order valence-electron chi connectivity index (χ1n) is 6.13. The summed E-state index contributed by atoms with van der Waals surface area (Å²) in [7, 11) is 0. The Hall–Kier alpha value is -1.10. The number of carbonyl (C=O) groups excluding carboxylic acids is 1. The molecule has 0 aromatic heterocycles. The minimum Gasteiger partial charge on any atom is -0.351 e. The molecular formula is C13H18ClN3O. The lowest BCUT2D eigenvalue weighted by molar-refractivity contribution is -0.122. The average molecular weight is 268 g/mol. The molecule has 0 bridgehead atoms. The SMILES string of the molecule is N[C@H]1CCN(CC(=O)NCc2ccccc2Cl)C1. The van der Waals surface area contributed by atoms with E-state index in [2.05, 4.69) is 10.2 Å². The largest absolute Gasteiger partial charge is 0.351 e. The third kappa shape index (κ3) is 3.70. The van der Waals surface area contributed by atoms with Crippen molar-refractivity contribution in [1.82, 2.24) is 10.2 Å². The summed E-state index contributed by atoms with van der Waals surface area (Å²) in [5, 5.41) is 3.56. The van der Waals surface area contributed by atoms with Crippen molar-refractivity contribution in [2.24, 2.45) is 5.73 Å². The van der Waals surface area contributed by atoms with Gasteiger partial charge in [-0.3, -0.25) is 9.69 Å². The van der Waals surface area contributed by atoms with E-state index in [0.717, 1.165) is 25.1 Å². The molecule has 3 N–H and O–H groups in total. The van der Waals surface area contributed by atoms with E-state index in [0.29, 0.717) is 18.1 Å². The Morgan fingerprint density at radius 1 is 1.50 bits per heavy atom. The molecule has 1 fully saturated rings. The van der Waals surface area contributed by atoms with E-state index in [1.807, 2.05) is 24.3 Å². The molecule has 0 saturated carbocycles. The summed E-state index contributed by atoms with van der Waals surface area (Å²) in [6.45, 7) is 2.59. The molecule has 1 saturated heterocycles. The number of hydrogen-bond donors (Lipinski definition) is 2. The van der Waals surface area contributed by atoms with Crippen LogP contribution in [0.1, 0.15) is 12.0 Å². The first-order chi connectivity index (χ1) is 8.65. The quantitative estimate of drug-likeness (QED) is 0.855. The zero-order valence-electron chi connectivity index (χ0n) is 10.2. The molecule has 1 aromatic rings. The Balaban J connectivity index is 1.77. The van der Waals surface area contributed by atoms with Gasteiger partial charge in [0.15, 0.2) is 0 Å². The molecule has 0 spiro atoms. The minimum absolute atomic E-state index is 0.0176. The van der Waals surface area contributed by atoms with E-state index in [-0.39, 0.29) is 11.9 Å². The molecule has 5 heteroatoms. The highest BCUT2D eigenvalue weighted by molar-refractivity contribution is 6.31. The summed E-state index contributed by atoms with van der Waals surface area (Å²) in [5.41, 5.74) is 6.73. The van der Waals surface area contributed by atoms with E-state index < -0.39 is 0 Å². The third-order valence-corrected chi connectivity index (χ3v) is 3.48. The number of nitrogens with one attached hydrogen (secondary N) is 1. The van der Waals surface area contributed by atoms with E-state index in [4.69, 9.17) is 17.3 Å². The lowest BCUT2D eigenvalue weighted by Crippen LogP contribution is -2.37. The number of likely N-dealkylation sites (tertiary alicyclic amines) is 1. The highest BCUT2D eigenvalue weighted by atomic mass is 35.5. The van der Waals surface area contributed by atoms with Crippen LogP contribution in [-0.2, 0) is 11.3 Å². The molecule has 1 heterocycles. The number of nitrogens with zero attached hydrogens (tertiary/aromatic N) is 1. The fraction of sp³-hybridized carbons (Fsp3) is 0.462. The minimum atomic E-state index is 0.0176. The molecule has 18 heavy (non-hydrogen) atoms. The van der Waals surface area contributed by atoms with Gasteiger partial charge in [-0.15, -0.1) is 0 Å². The van der Waals surface area contributed by atoms with Crippen LogP contribution in [-0.4, -0.2) is 36.5 Å². The highest BCUT2D eigenvalue weighted by Gasteiger charge is 2.20. The molecule has 4 nitrogen and oxygen atoms in total. The van der Waals surface area contributed by atoms with Crippen LogP contribution in [0.3, 0.4) is 0 Å². The van der Waals surface area contributed by atoms with E-state index in [9.17, 15) is 4.79 Å². The summed E-state index contributed by atoms with van der Waals surface area (Å²) in [6.07, 6.45) is 0.970. The molecule has 0 radical (unpaired) electrons. The van der Waals surface area contributed by atoms with Gasteiger partial charge in [-0.25, -0.2) is 0 Å². The number of halogens is 1. The van der Waals surface area contributed by atoms with Crippen LogP contribution in [0.5, 0.6) is 0 Å². The van der Waals surface area contributed by atoms with Crippen LogP contribution in [0.4, 0.5) is 0 Å². The number of rotatable bonds is 4. The Morgan fingerprint density at radius 3 is 2.94 bits per heavy atom. The predicted molar refractivity (Wildman–Crippen MR) is 72.3 cm³/mol. The van der Waals surface area contributed by atoms with Crippen LogP contribution in [0.15, 0.2) is 24.3 Å². The van der Waals surface area contributed by atoms with Gasteiger partial charge in [-0.05, 0) is 18.1 Å². The zero-order chi connectivity index (χ0) is 13.0. The maximum atomic E-state index is 11.8. The van der Waals surface area contributed by atoms with E-state index >= 15 is 0 Å². The fourth-order valence-electron chi connectivity index (χ4n) is 2.10. The summed E-state index contributed by atoms with van der Waals surface area (Å²) in [5.74, 6) is 0.0176. The van der Waals surface area contributed by atoms with Crippen molar-refractivity contribution in [2.45, 2.75) is 19.0 Å². The molecular weight excluding hydrogens is 250 g/mol. The van der Waals surface area contributed by atoms with Crippen molar-refractivity contribution in [3.05, 3.63) is 34.9 Å². The molecule has 1 aromatic carbocycles. The topological polar surface area (TPSA) is 58.4 Å². The molecule has 1 atom stereocenters. The average Bonchev–Trinajstić information content (AvgIpc) is 2.74. The van der Waals surface area contributed by atoms with Gasteiger partial charge >= 0.3 is 0 Å². The normalized spacial score (nSPS) is 20.0. The van der Waals surface area contributed by atoms with Gasteiger partial charge in [-0.1, -0.05) is 29.8 Å². The lowest BCUT2D eigenvalue weighted by atomic mass is 10.2. The summed E-state index contributed by atoms with van der Waals surface area (Å²) >= 11 is 6.02.